The van der Waals surface area contributed by atoms with Crippen LogP contribution in [0.4, 0.5) is 0 Å². The van der Waals surface area contributed by atoms with Crippen LogP contribution in [0.2, 0.25) is 0 Å². The number of rotatable bonds is 6. The van der Waals surface area contributed by atoms with E-state index in [2.05, 4.69) is 5.10 Å². The lowest BCUT2D eigenvalue weighted by Gasteiger charge is -2.12. The van der Waals surface area contributed by atoms with Crippen LogP contribution in [0.3, 0.4) is 0 Å². The first-order valence-electron chi connectivity index (χ1n) is 8.22. The fourth-order valence-corrected chi connectivity index (χ4v) is 2.38. The van der Waals surface area contributed by atoms with Gasteiger partial charge in [-0.2, -0.15) is 9.78 Å². The summed E-state index contributed by atoms with van der Waals surface area (Å²) in [5.41, 5.74) is 1.03. The molecule has 0 radical (unpaired) electrons. The van der Waals surface area contributed by atoms with Crippen molar-refractivity contribution < 1.29 is 14.3 Å². The molecule has 26 heavy (non-hydrogen) atoms. The molecule has 1 aromatic heterocycles. The fraction of sp³-hybridized carbons (Fsp3) is 0.150. The molecule has 0 aliphatic carbocycles. The van der Waals surface area contributed by atoms with Gasteiger partial charge in [-0.25, -0.2) is 4.79 Å². The van der Waals surface area contributed by atoms with Gasteiger partial charge in [0.05, 0.1) is 18.4 Å². The molecule has 0 aliphatic rings. The van der Waals surface area contributed by atoms with Crippen molar-refractivity contribution >= 4 is 5.97 Å². The molecule has 1 heterocycles. The lowest BCUT2D eigenvalue weighted by Crippen LogP contribution is -2.25. The molecule has 0 saturated heterocycles. The Labute approximate surface area is 150 Å². The number of esters is 1. The number of carbonyl (C=O) groups excluding carboxylic acids is 1. The van der Waals surface area contributed by atoms with Crippen LogP contribution in [0, 0.1) is 0 Å². The third-order valence-corrected chi connectivity index (χ3v) is 3.60. The second kappa shape index (κ2) is 8.11. The molecule has 0 N–H and O–H groups in total. The number of benzene rings is 2. The van der Waals surface area contributed by atoms with Crippen LogP contribution in [0.1, 0.15) is 23.0 Å². The third kappa shape index (κ3) is 3.97. The lowest BCUT2D eigenvalue weighted by atomic mass is 10.2. The molecule has 0 fully saturated rings. The van der Waals surface area contributed by atoms with Gasteiger partial charge >= 0.3 is 5.97 Å². The summed E-state index contributed by atoms with van der Waals surface area (Å²) >= 11 is 0. The van der Waals surface area contributed by atoms with E-state index in [0.717, 1.165) is 10.2 Å². The van der Waals surface area contributed by atoms with Crippen molar-refractivity contribution in [1.82, 2.24) is 9.78 Å². The quantitative estimate of drug-likeness (QED) is 0.639. The van der Waals surface area contributed by atoms with Gasteiger partial charge in [-0.15, -0.1) is 0 Å². The first-order valence-corrected chi connectivity index (χ1v) is 8.22. The molecule has 0 aliphatic heterocycles. The molecule has 3 aromatic rings. The van der Waals surface area contributed by atoms with E-state index in [1.165, 1.54) is 6.07 Å². The first kappa shape index (κ1) is 17.4. The number of para-hydroxylation sites is 1. The summed E-state index contributed by atoms with van der Waals surface area (Å²) in [5, 5.41) is 4.18. The van der Waals surface area contributed by atoms with Gasteiger partial charge in [-0.3, -0.25) is 4.79 Å². The van der Waals surface area contributed by atoms with E-state index >= 15 is 0 Å². The van der Waals surface area contributed by atoms with Crippen LogP contribution < -0.4 is 10.3 Å². The van der Waals surface area contributed by atoms with Crippen molar-refractivity contribution in [1.29, 1.82) is 0 Å². The molecule has 6 heteroatoms. The summed E-state index contributed by atoms with van der Waals surface area (Å²) in [6, 6.07) is 19.6. The van der Waals surface area contributed by atoms with Crippen molar-refractivity contribution in [2.45, 2.75) is 13.5 Å². The zero-order chi connectivity index (χ0) is 18.4. The van der Waals surface area contributed by atoms with Gasteiger partial charge in [0.15, 0.2) is 5.75 Å². The summed E-state index contributed by atoms with van der Waals surface area (Å²) in [6.07, 6.45) is 0. The van der Waals surface area contributed by atoms with E-state index < -0.39 is 11.5 Å². The van der Waals surface area contributed by atoms with Crippen molar-refractivity contribution in [3.63, 3.8) is 0 Å². The molecule has 0 bridgehead atoms. The van der Waals surface area contributed by atoms with Crippen LogP contribution in [0.15, 0.2) is 71.5 Å². The largest absolute Gasteiger partial charge is 0.486 e. The summed E-state index contributed by atoms with van der Waals surface area (Å²) < 4.78 is 11.9. The molecular formula is C20H18N2O4. The molecular weight excluding hydrogens is 332 g/mol. The van der Waals surface area contributed by atoms with Gasteiger partial charge in [-0.05, 0) is 24.6 Å². The zero-order valence-electron chi connectivity index (χ0n) is 14.3. The smallest absolute Gasteiger partial charge is 0.362 e. The van der Waals surface area contributed by atoms with Crippen LogP contribution >= 0.6 is 0 Å². The molecule has 6 nitrogen and oxygen atoms in total. The highest BCUT2D eigenvalue weighted by molar-refractivity contribution is 5.90. The van der Waals surface area contributed by atoms with Gasteiger partial charge in [0.25, 0.3) is 5.56 Å². The van der Waals surface area contributed by atoms with Crippen LogP contribution in [0.5, 0.6) is 5.75 Å². The summed E-state index contributed by atoms with van der Waals surface area (Å²) in [4.78, 5) is 24.7. The molecule has 0 spiro atoms. The van der Waals surface area contributed by atoms with E-state index in [9.17, 15) is 9.59 Å². The van der Waals surface area contributed by atoms with Crippen molar-refractivity contribution in [3.05, 3.63) is 88.3 Å². The van der Waals surface area contributed by atoms with Crippen molar-refractivity contribution in [3.8, 4) is 11.4 Å². The number of hydrogen-bond donors (Lipinski definition) is 0. The number of nitrogens with zero attached hydrogens (tertiary/aromatic N) is 2. The number of aromatic nitrogens is 2. The molecule has 0 saturated carbocycles. The molecule has 132 valence electrons. The predicted molar refractivity (Wildman–Crippen MR) is 96.6 cm³/mol. The Morgan fingerprint density at radius 3 is 2.35 bits per heavy atom. The van der Waals surface area contributed by atoms with Crippen LogP contribution in [-0.2, 0) is 11.3 Å². The molecule has 0 amide bonds. The maximum absolute atomic E-state index is 12.5. The average Bonchev–Trinajstić information content (AvgIpc) is 2.68. The molecule has 2 aromatic carbocycles. The van der Waals surface area contributed by atoms with Crippen LogP contribution in [-0.4, -0.2) is 22.4 Å². The molecule has 0 unspecified atom stereocenters. The topological polar surface area (TPSA) is 70.4 Å². The maximum Gasteiger partial charge on any atom is 0.362 e. The average molecular weight is 350 g/mol. The normalized spacial score (nSPS) is 10.3. The van der Waals surface area contributed by atoms with Gasteiger partial charge in [0.1, 0.15) is 6.61 Å². The van der Waals surface area contributed by atoms with Crippen molar-refractivity contribution in [2.75, 3.05) is 6.61 Å². The Kier molecular flexibility index (Phi) is 5.43. The minimum atomic E-state index is -0.639. The third-order valence-electron chi connectivity index (χ3n) is 3.60. The van der Waals surface area contributed by atoms with Crippen molar-refractivity contribution in [2.24, 2.45) is 0 Å². The van der Waals surface area contributed by atoms with Gasteiger partial charge in [-0.1, -0.05) is 48.5 Å². The summed E-state index contributed by atoms with van der Waals surface area (Å²) in [7, 11) is 0. The number of hydrogen-bond acceptors (Lipinski definition) is 5. The van der Waals surface area contributed by atoms with Gasteiger partial charge in [0, 0.05) is 0 Å². The standard InChI is InChI=1S/C20H18N2O4/c1-2-25-20(24)19-17(26-14-15-9-5-3-6-10-15)13-18(23)22(21-19)16-11-7-4-8-12-16/h3-13H,2,14H2,1H3. The monoisotopic (exact) mass is 350 g/mol. The predicted octanol–water partition coefficient (Wildman–Crippen LogP) is 2.99. The first-order chi connectivity index (χ1) is 12.7. The fourth-order valence-electron chi connectivity index (χ4n) is 2.38. The van der Waals surface area contributed by atoms with E-state index in [1.807, 2.05) is 36.4 Å². The van der Waals surface area contributed by atoms with Gasteiger partial charge < -0.3 is 9.47 Å². The summed E-state index contributed by atoms with van der Waals surface area (Å²) in [5.74, 6) is -0.537. The lowest BCUT2D eigenvalue weighted by molar-refractivity contribution is 0.0511. The molecule has 3 rings (SSSR count). The zero-order valence-corrected chi connectivity index (χ0v) is 14.3. The van der Waals surface area contributed by atoms with E-state index in [-0.39, 0.29) is 24.7 Å². The Hall–Kier alpha value is -3.41. The van der Waals surface area contributed by atoms with E-state index in [1.54, 1.807) is 31.2 Å². The number of carbonyl (C=O) groups is 1. The minimum Gasteiger partial charge on any atom is -0.486 e. The minimum absolute atomic E-state index is 0.0359. The highest BCUT2D eigenvalue weighted by atomic mass is 16.5. The Balaban J connectivity index is 1.98. The highest BCUT2D eigenvalue weighted by Gasteiger charge is 2.19. The second-order valence-corrected chi connectivity index (χ2v) is 5.44. The summed E-state index contributed by atoms with van der Waals surface area (Å²) in [6.45, 7) is 2.11. The SMILES string of the molecule is CCOC(=O)c1nn(-c2ccccc2)c(=O)cc1OCc1ccccc1. The van der Waals surface area contributed by atoms with Crippen LogP contribution in [0.25, 0.3) is 5.69 Å². The number of ether oxygens (including phenoxy) is 2. The Morgan fingerprint density at radius 1 is 1.04 bits per heavy atom. The van der Waals surface area contributed by atoms with Gasteiger partial charge in [0.2, 0.25) is 5.69 Å². The van der Waals surface area contributed by atoms with E-state index in [0.29, 0.717) is 5.69 Å². The highest BCUT2D eigenvalue weighted by Crippen LogP contribution is 2.18. The molecule has 0 atom stereocenters. The Morgan fingerprint density at radius 2 is 1.69 bits per heavy atom. The Bertz CT molecular complexity index is 937. The second-order valence-electron chi connectivity index (χ2n) is 5.44. The van der Waals surface area contributed by atoms with E-state index in [4.69, 9.17) is 9.47 Å². The maximum atomic E-state index is 12.5.